The van der Waals surface area contributed by atoms with Gasteiger partial charge in [0.2, 0.25) is 0 Å². The molecule has 1 fully saturated rings. The summed E-state index contributed by atoms with van der Waals surface area (Å²) in [6, 6.07) is 2.26. The van der Waals surface area contributed by atoms with Crippen LogP contribution >= 0.6 is 0 Å². The molecule has 0 bridgehead atoms. The van der Waals surface area contributed by atoms with Gasteiger partial charge in [0.25, 0.3) is 5.91 Å². The predicted octanol–water partition coefficient (Wildman–Crippen LogP) is 3.01. The monoisotopic (exact) mass is 329 g/mol. The Kier molecular flexibility index (Phi) is 5.62. The summed E-state index contributed by atoms with van der Waals surface area (Å²) in [4.78, 5) is 18.2. The van der Waals surface area contributed by atoms with E-state index in [4.69, 9.17) is 0 Å². The van der Waals surface area contributed by atoms with Crippen LogP contribution in [0.1, 0.15) is 47.9 Å². The third-order valence-electron chi connectivity index (χ3n) is 4.08. The molecule has 23 heavy (non-hydrogen) atoms. The topological polar surface area (TPSA) is 45.2 Å². The minimum Gasteiger partial charge on any atom is -0.336 e. The number of amides is 1. The van der Waals surface area contributed by atoms with Crippen molar-refractivity contribution in [2.24, 2.45) is 0 Å². The van der Waals surface area contributed by atoms with Gasteiger partial charge in [-0.25, -0.2) is 4.98 Å². The minimum absolute atomic E-state index is 0.125. The average molecular weight is 329 g/mol. The van der Waals surface area contributed by atoms with Crippen LogP contribution < -0.4 is 5.32 Å². The number of nitrogens with one attached hydrogen (secondary N) is 1. The Bertz CT molecular complexity index is 554. The zero-order chi connectivity index (χ0) is 17.0. The second-order valence-corrected chi connectivity index (χ2v) is 5.81. The van der Waals surface area contributed by atoms with Crippen molar-refractivity contribution in [3.8, 4) is 0 Å². The lowest BCUT2D eigenvalue weighted by molar-refractivity contribution is -0.141. The number of hydrogen-bond acceptors (Lipinski definition) is 3. The number of aromatic nitrogens is 1. The Balaban J connectivity index is 2.25. The summed E-state index contributed by atoms with van der Waals surface area (Å²) in [6.07, 6.45) is -1.97. The van der Waals surface area contributed by atoms with Crippen molar-refractivity contribution in [3.05, 3.63) is 29.1 Å². The Morgan fingerprint density at radius 3 is 2.52 bits per heavy atom. The zero-order valence-electron chi connectivity index (χ0n) is 13.4. The molecule has 0 radical (unpaired) electrons. The van der Waals surface area contributed by atoms with Gasteiger partial charge in [0, 0.05) is 12.6 Å². The zero-order valence-corrected chi connectivity index (χ0v) is 13.4. The van der Waals surface area contributed by atoms with E-state index in [1.54, 1.807) is 4.90 Å². The second kappa shape index (κ2) is 7.29. The molecule has 4 nitrogen and oxygen atoms in total. The van der Waals surface area contributed by atoms with Crippen LogP contribution in [0.4, 0.5) is 13.2 Å². The smallest absolute Gasteiger partial charge is 0.336 e. The number of carbonyl (C=O) groups is 1. The van der Waals surface area contributed by atoms with Crippen LogP contribution in [-0.2, 0) is 6.18 Å². The van der Waals surface area contributed by atoms with E-state index in [-0.39, 0.29) is 23.2 Å². The van der Waals surface area contributed by atoms with Gasteiger partial charge in [-0.15, -0.1) is 0 Å². The molecule has 1 aliphatic heterocycles. The van der Waals surface area contributed by atoms with E-state index in [0.29, 0.717) is 6.54 Å². The number of rotatable bonds is 4. The van der Waals surface area contributed by atoms with Crippen molar-refractivity contribution in [3.63, 3.8) is 0 Å². The molecule has 0 atom stereocenters. The fourth-order valence-electron chi connectivity index (χ4n) is 2.91. The molecule has 0 spiro atoms. The highest BCUT2D eigenvalue weighted by atomic mass is 19.4. The Hall–Kier alpha value is -1.63. The van der Waals surface area contributed by atoms with E-state index < -0.39 is 11.9 Å². The van der Waals surface area contributed by atoms with Crippen LogP contribution in [0.5, 0.6) is 0 Å². The lowest BCUT2D eigenvalue weighted by atomic mass is 10.0. The van der Waals surface area contributed by atoms with Crippen LogP contribution in [0.15, 0.2) is 12.1 Å². The molecule has 2 heterocycles. The van der Waals surface area contributed by atoms with Crippen molar-refractivity contribution in [1.29, 1.82) is 0 Å². The highest BCUT2D eigenvalue weighted by Crippen LogP contribution is 2.28. The van der Waals surface area contributed by atoms with Crippen molar-refractivity contribution < 1.29 is 18.0 Å². The summed E-state index contributed by atoms with van der Waals surface area (Å²) in [7, 11) is 0. The molecule has 2 rings (SSSR count). The van der Waals surface area contributed by atoms with E-state index in [0.717, 1.165) is 38.4 Å². The highest BCUT2D eigenvalue weighted by Gasteiger charge is 2.34. The minimum atomic E-state index is -4.50. The second-order valence-electron chi connectivity index (χ2n) is 5.81. The van der Waals surface area contributed by atoms with Gasteiger partial charge in [-0.2, -0.15) is 13.2 Å². The number of hydrogen-bond donors (Lipinski definition) is 1. The van der Waals surface area contributed by atoms with Crippen molar-refractivity contribution >= 4 is 5.91 Å². The Morgan fingerprint density at radius 2 is 2.00 bits per heavy atom. The van der Waals surface area contributed by atoms with Gasteiger partial charge in [0.1, 0.15) is 5.69 Å². The molecule has 0 saturated carbocycles. The first-order valence-corrected chi connectivity index (χ1v) is 7.91. The quantitative estimate of drug-likeness (QED) is 0.923. The lowest BCUT2D eigenvalue weighted by Gasteiger charge is -2.35. The van der Waals surface area contributed by atoms with Crippen LogP contribution in [0.25, 0.3) is 0 Å². The first-order chi connectivity index (χ1) is 10.8. The normalized spacial score (nSPS) is 16.4. The van der Waals surface area contributed by atoms with E-state index in [2.05, 4.69) is 10.3 Å². The van der Waals surface area contributed by atoms with E-state index >= 15 is 0 Å². The van der Waals surface area contributed by atoms with Crippen molar-refractivity contribution in [2.75, 3.05) is 19.6 Å². The number of nitrogens with zero attached hydrogens (tertiary/aromatic N) is 2. The number of alkyl halides is 3. The maximum absolute atomic E-state index is 12.8. The number of carbonyl (C=O) groups excluding carboxylic acids is 1. The molecule has 0 aliphatic carbocycles. The molecule has 1 N–H and O–H groups in total. The highest BCUT2D eigenvalue weighted by molar-refractivity contribution is 5.95. The predicted molar refractivity (Wildman–Crippen MR) is 81.2 cm³/mol. The molecule has 1 saturated heterocycles. The fourth-order valence-corrected chi connectivity index (χ4v) is 2.91. The molecule has 128 valence electrons. The van der Waals surface area contributed by atoms with Gasteiger partial charge in [-0.3, -0.25) is 4.79 Å². The number of pyridine rings is 1. The van der Waals surface area contributed by atoms with Crippen LogP contribution in [-0.4, -0.2) is 41.5 Å². The first kappa shape index (κ1) is 17.7. The molecule has 1 amide bonds. The summed E-state index contributed by atoms with van der Waals surface area (Å²) < 4.78 is 38.1. The van der Waals surface area contributed by atoms with Crippen LogP contribution in [0, 0.1) is 6.92 Å². The standard InChI is InChI=1S/C16H22F3N3O/c1-3-10-22(12-6-8-20-9-7-12)15(23)13-4-5-14(16(17,18)19)21-11(13)2/h4-5,12,20H,3,6-10H2,1-2H3. The SMILES string of the molecule is CCCN(C(=O)c1ccc(C(F)(F)F)nc1C)C1CCNCC1. The molecule has 0 aromatic carbocycles. The largest absolute Gasteiger partial charge is 0.433 e. The van der Waals surface area contributed by atoms with E-state index in [9.17, 15) is 18.0 Å². The molecule has 0 unspecified atom stereocenters. The molecule has 1 aromatic rings. The maximum Gasteiger partial charge on any atom is 0.433 e. The van der Waals surface area contributed by atoms with Gasteiger partial charge in [-0.1, -0.05) is 6.92 Å². The summed E-state index contributed by atoms with van der Waals surface area (Å²) in [5, 5.41) is 3.25. The Labute approximate surface area is 134 Å². The molecule has 1 aliphatic rings. The summed E-state index contributed by atoms with van der Waals surface area (Å²) in [5.74, 6) is -0.225. The van der Waals surface area contributed by atoms with Gasteiger partial charge < -0.3 is 10.2 Å². The third kappa shape index (κ3) is 4.22. The number of aryl methyl sites for hydroxylation is 1. The van der Waals surface area contributed by atoms with E-state index in [1.807, 2.05) is 6.92 Å². The Morgan fingerprint density at radius 1 is 1.35 bits per heavy atom. The number of halogens is 3. The summed E-state index contributed by atoms with van der Waals surface area (Å²) >= 11 is 0. The molecule has 7 heteroatoms. The van der Waals surface area contributed by atoms with Gasteiger partial charge in [0.15, 0.2) is 0 Å². The fraction of sp³-hybridized carbons (Fsp3) is 0.625. The lowest BCUT2D eigenvalue weighted by Crippen LogP contribution is -2.46. The molecule has 1 aromatic heterocycles. The van der Waals surface area contributed by atoms with Crippen LogP contribution in [0.2, 0.25) is 0 Å². The molecular weight excluding hydrogens is 307 g/mol. The third-order valence-corrected chi connectivity index (χ3v) is 4.08. The van der Waals surface area contributed by atoms with Gasteiger partial charge >= 0.3 is 6.18 Å². The van der Waals surface area contributed by atoms with Gasteiger partial charge in [0.05, 0.1) is 11.3 Å². The van der Waals surface area contributed by atoms with Gasteiger partial charge in [-0.05, 0) is 51.4 Å². The maximum atomic E-state index is 12.8. The summed E-state index contributed by atoms with van der Waals surface area (Å²) in [6.45, 7) is 5.74. The van der Waals surface area contributed by atoms with Crippen molar-refractivity contribution in [2.45, 2.75) is 45.3 Å². The molecular formula is C16H22F3N3O. The summed E-state index contributed by atoms with van der Waals surface area (Å²) in [5.41, 5.74) is -0.583. The van der Waals surface area contributed by atoms with Crippen molar-refractivity contribution in [1.82, 2.24) is 15.2 Å². The van der Waals surface area contributed by atoms with E-state index in [1.165, 1.54) is 13.0 Å². The first-order valence-electron chi connectivity index (χ1n) is 7.91. The number of piperidine rings is 1. The average Bonchev–Trinajstić information content (AvgIpc) is 2.52. The van der Waals surface area contributed by atoms with Crippen LogP contribution in [0.3, 0.4) is 0 Å².